The number of nitrogens with zero attached hydrogens (tertiary/aromatic N) is 1. The van der Waals surface area contributed by atoms with Crippen molar-refractivity contribution in [2.45, 2.75) is 18.9 Å². The summed E-state index contributed by atoms with van der Waals surface area (Å²) in [5.74, 6) is -1.18. The molecule has 5 nitrogen and oxygen atoms in total. The normalized spacial score (nSPS) is 22.4. The predicted octanol–water partition coefficient (Wildman–Crippen LogP) is 1.38. The molecule has 2 rings (SSSR count). The lowest BCUT2D eigenvalue weighted by Crippen LogP contribution is -2.33. The van der Waals surface area contributed by atoms with Crippen molar-refractivity contribution < 1.29 is 19.8 Å². The first-order valence-corrected chi connectivity index (χ1v) is 6.40. The molecule has 106 valence electrons. The zero-order chi connectivity index (χ0) is 14.8. The highest BCUT2D eigenvalue weighted by atomic mass is 16.4. The third-order valence-corrected chi connectivity index (χ3v) is 3.29. The number of benzene rings is 1. The smallest absolute Gasteiger partial charge is 0.328 e. The van der Waals surface area contributed by atoms with E-state index >= 15 is 0 Å². The van der Waals surface area contributed by atoms with E-state index in [4.69, 9.17) is 5.11 Å². The van der Waals surface area contributed by atoms with Gasteiger partial charge in [-0.3, -0.25) is 4.79 Å². The highest BCUT2D eigenvalue weighted by Crippen LogP contribution is 2.22. The first-order valence-electron chi connectivity index (χ1n) is 6.40. The van der Waals surface area contributed by atoms with E-state index in [1.807, 2.05) is 0 Å². The molecule has 1 heterocycles. The fourth-order valence-corrected chi connectivity index (χ4v) is 2.24. The van der Waals surface area contributed by atoms with Gasteiger partial charge in [0.2, 0.25) is 0 Å². The zero-order valence-electron chi connectivity index (χ0n) is 11.2. The van der Waals surface area contributed by atoms with Crippen LogP contribution in [0, 0.1) is 0 Å². The van der Waals surface area contributed by atoms with Gasteiger partial charge in [0.1, 0.15) is 0 Å². The lowest BCUT2D eigenvalue weighted by atomic mass is 10.1. The van der Waals surface area contributed by atoms with Gasteiger partial charge in [0.15, 0.2) is 0 Å². The molecule has 1 amide bonds. The van der Waals surface area contributed by atoms with E-state index < -0.39 is 11.6 Å². The third kappa shape index (κ3) is 3.45. The van der Waals surface area contributed by atoms with Gasteiger partial charge in [0.05, 0.1) is 5.60 Å². The average molecular weight is 275 g/mol. The van der Waals surface area contributed by atoms with Gasteiger partial charge in [-0.2, -0.15) is 0 Å². The first-order chi connectivity index (χ1) is 9.37. The Morgan fingerprint density at radius 1 is 1.40 bits per heavy atom. The van der Waals surface area contributed by atoms with Crippen LogP contribution in [0.3, 0.4) is 0 Å². The Balaban J connectivity index is 2.15. The quantitative estimate of drug-likeness (QED) is 0.817. The van der Waals surface area contributed by atoms with Crippen molar-refractivity contribution in [1.29, 1.82) is 0 Å². The molecule has 0 radical (unpaired) electrons. The summed E-state index contributed by atoms with van der Waals surface area (Å²) in [6, 6.07) is 6.78. The van der Waals surface area contributed by atoms with Gasteiger partial charge in [0.25, 0.3) is 5.91 Å². The van der Waals surface area contributed by atoms with Crippen LogP contribution in [0.5, 0.6) is 0 Å². The minimum atomic E-state index is -1.03. The molecule has 0 aliphatic carbocycles. The predicted molar refractivity (Wildman–Crippen MR) is 74.3 cm³/mol. The summed E-state index contributed by atoms with van der Waals surface area (Å²) in [4.78, 5) is 24.4. The Kier molecular flexibility index (Phi) is 3.90. The maximum atomic E-state index is 12.3. The van der Waals surface area contributed by atoms with Crippen LogP contribution in [0.1, 0.15) is 29.3 Å². The summed E-state index contributed by atoms with van der Waals surface area (Å²) >= 11 is 0. The summed E-state index contributed by atoms with van der Waals surface area (Å²) < 4.78 is 0. The largest absolute Gasteiger partial charge is 0.478 e. The fraction of sp³-hybridized carbons (Fsp3) is 0.333. The number of carboxylic acids is 1. The van der Waals surface area contributed by atoms with Gasteiger partial charge in [-0.1, -0.05) is 12.1 Å². The number of β-amino-alcohol motifs (C(OH)–C–C–N with tert-alkyl or cyclic N) is 1. The molecule has 0 saturated carbocycles. The molecule has 1 aromatic rings. The number of carboxylic acid groups (broad SMARTS) is 1. The Labute approximate surface area is 117 Å². The van der Waals surface area contributed by atoms with Gasteiger partial charge in [-0.05, 0) is 37.1 Å². The Hall–Kier alpha value is -2.14. The number of carbonyl (C=O) groups is 2. The fourth-order valence-electron chi connectivity index (χ4n) is 2.24. The highest BCUT2D eigenvalue weighted by molar-refractivity contribution is 5.95. The molecule has 0 bridgehead atoms. The Bertz CT molecular complexity index is 563. The summed E-state index contributed by atoms with van der Waals surface area (Å²) in [6.07, 6.45) is 3.04. The van der Waals surface area contributed by atoms with Crippen molar-refractivity contribution in [1.82, 2.24) is 4.90 Å². The van der Waals surface area contributed by atoms with E-state index in [1.165, 1.54) is 6.08 Å². The summed E-state index contributed by atoms with van der Waals surface area (Å²) in [5, 5.41) is 18.5. The molecule has 1 unspecified atom stereocenters. The summed E-state index contributed by atoms with van der Waals surface area (Å²) in [7, 11) is 0. The number of hydrogen-bond acceptors (Lipinski definition) is 3. The second-order valence-corrected chi connectivity index (χ2v) is 5.27. The molecule has 1 saturated heterocycles. The molecule has 2 N–H and O–H groups in total. The van der Waals surface area contributed by atoms with Crippen LogP contribution in [0.15, 0.2) is 30.3 Å². The SMILES string of the molecule is CC1(O)CCN(C(=O)c2cccc(/C=C/C(=O)O)c2)C1. The molecular formula is C15H17NO4. The molecule has 1 fully saturated rings. The molecule has 0 aromatic heterocycles. The van der Waals surface area contributed by atoms with E-state index in [0.29, 0.717) is 30.6 Å². The monoisotopic (exact) mass is 275 g/mol. The molecule has 1 aliphatic rings. The number of amides is 1. The molecular weight excluding hydrogens is 258 g/mol. The van der Waals surface area contributed by atoms with E-state index in [0.717, 1.165) is 6.08 Å². The number of hydrogen-bond donors (Lipinski definition) is 2. The third-order valence-electron chi connectivity index (χ3n) is 3.29. The molecule has 1 aromatic carbocycles. The second kappa shape index (κ2) is 5.46. The lowest BCUT2D eigenvalue weighted by molar-refractivity contribution is -0.131. The van der Waals surface area contributed by atoms with Crippen molar-refractivity contribution >= 4 is 18.0 Å². The van der Waals surface area contributed by atoms with Crippen LogP contribution in [-0.4, -0.2) is 45.7 Å². The van der Waals surface area contributed by atoms with Crippen molar-refractivity contribution in [2.75, 3.05) is 13.1 Å². The number of aliphatic hydroxyl groups is 1. The first kappa shape index (κ1) is 14.3. The van der Waals surface area contributed by atoms with Crippen molar-refractivity contribution in [3.63, 3.8) is 0 Å². The van der Waals surface area contributed by atoms with Gasteiger partial charge >= 0.3 is 5.97 Å². The van der Waals surface area contributed by atoms with E-state index in [2.05, 4.69) is 0 Å². The molecule has 0 spiro atoms. The number of likely N-dealkylation sites (tertiary alicyclic amines) is 1. The van der Waals surface area contributed by atoms with Gasteiger partial charge in [-0.25, -0.2) is 4.79 Å². The molecule has 5 heteroatoms. The van der Waals surface area contributed by atoms with Crippen LogP contribution in [0.25, 0.3) is 6.08 Å². The van der Waals surface area contributed by atoms with Crippen molar-refractivity contribution in [3.8, 4) is 0 Å². The lowest BCUT2D eigenvalue weighted by Gasteiger charge is -2.19. The minimum Gasteiger partial charge on any atom is -0.478 e. The van der Waals surface area contributed by atoms with Gasteiger partial charge in [-0.15, -0.1) is 0 Å². The minimum absolute atomic E-state index is 0.145. The summed E-state index contributed by atoms with van der Waals surface area (Å²) in [5.41, 5.74) is 0.329. The van der Waals surface area contributed by atoms with Crippen LogP contribution in [0.2, 0.25) is 0 Å². The standard InChI is InChI=1S/C15H17NO4/c1-15(20)7-8-16(10-15)14(19)12-4-2-3-11(9-12)5-6-13(17)18/h2-6,9,20H,7-8,10H2,1H3,(H,17,18)/b6-5+. The second-order valence-electron chi connectivity index (χ2n) is 5.27. The van der Waals surface area contributed by atoms with Crippen LogP contribution in [0.4, 0.5) is 0 Å². The number of aliphatic carboxylic acids is 1. The van der Waals surface area contributed by atoms with Crippen molar-refractivity contribution in [2.24, 2.45) is 0 Å². The van der Waals surface area contributed by atoms with E-state index in [9.17, 15) is 14.7 Å². The van der Waals surface area contributed by atoms with E-state index in [-0.39, 0.29) is 5.91 Å². The van der Waals surface area contributed by atoms with Crippen LogP contribution < -0.4 is 0 Å². The average Bonchev–Trinajstić information content (AvgIpc) is 2.76. The topological polar surface area (TPSA) is 77.8 Å². The molecule has 20 heavy (non-hydrogen) atoms. The van der Waals surface area contributed by atoms with Crippen molar-refractivity contribution in [3.05, 3.63) is 41.5 Å². The van der Waals surface area contributed by atoms with Gasteiger partial charge in [0, 0.05) is 24.7 Å². The van der Waals surface area contributed by atoms with Crippen LogP contribution >= 0.6 is 0 Å². The zero-order valence-corrected chi connectivity index (χ0v) is 11.2. The maximum Gasteiger partial charge on any atom is 0.328 e. The Morgan fingerprint density at radius 3 is 2.75 bits per heavy atom. The maximum absolute atomic E-state index is 12.3. The molecule has 1 atom stereocenters. The van der Waals surface area contributed by atoms with E-state index in [1.54, 1.807) is 36.1 Å². The highest BCUT2D eigenvalue weighted by Gasteiger charge is 2.34. The summed E-state index contributed by atoms with van der Waals surface area (Å²) in [6.45, 7) is 2.56. The molecule has 1 aliphatic heterocycles. The number of carbonyl (C=O) groups excluding carboxylic acids is 1. The van der Waals surface area contributed by atoms with Gasteiger partial charge < -0.3 is 15.1 Å². The number of rotatable bonds is 3. The Morgan fingerprint density at radius 2 is 2.15 bits per heavy atom. The van der Waals surface area contributed by atoms with Crippen LogP contribution in [-0.2, 0) is 4.79 Å².